The first-order chi connectivity index (χ1) is 8.33. The van der Waals surface area contributed by atoms with Gasteiger partial charge in [-0.3, -0.25) is 0 Å². The fourth-order valence-corrected chi connectivity index (χ4v) is 2.41. The van der Waals surface area contributed by atoms with Gasteiger partial charge in [-0.15, -0.1) is 0 Å². The Bertz CT molecular complexity index is 336. The zero-order valence-corrected chi connectivity index (χ0v) is 11.7. The Kier molecular flexibility index (Phi) is 4.74. The number of nitrogens with zero attached hydrogens (tertiary/aromatic N) is 3. The minimum absolute atomic E-state index is 0.693. The first kappa shape index (κ1) is 12.8. The zero-order valence-electron chi connectivity index (χ0n) is 10.1. The molecular formula is C12H18BrN3O. The second-order valence-electron chi connectivity index (χ2n) is 4.41. The first-order valence-electron chi connectivity index (χ1n) is 5.94. The monoisotopic (exact) mass is 299 g/mol. The van der Waals surface area contributed by atoms with Gasteiger partial charge in [0.05, 0.1) is 0 Å². The van der Waals surface area contributed by atoms with Gasteiger partial charge in [0, 0.05) is 44.5 Å². The molecule has 0 spiro atoms. The molecule has 0 saturated carbocycles. The molecule has 5 heteroatoms. The molecule has 94 valence electrons. The summed E-state index contributed by atoms with van der Waals surface area (Å²) < 4.78 is 5.20. The van der Waals surface area contributed by atoms with Crippen LogP contribution in [0.25, 0.3) is 0 Å². The van der Waals surface area contributed by atoms with Crippen molar-refractivity contribution in [3.63, 3.8) is 0 Å². The number of alkyl halides is 1. The quantitative estimate of drug-likeness (QED) is 0.799. The van der Waals surface area contributed by atoms with Crippen LogP contribution < -0.4 is 4.90 Å². The van der Waals surface area contributed by atoms with Crippen molar-refractivity contribution in [1.29, 1.82) is 0 Å². The van der Waals surface area contributed by atoms with Crippen molar-refractivity contribution in [3.05, 3.63) is 18.0 Å². The van der Waals surface area contributed by atoms with Gasteiger partial charge in [-0.2, -0.15) is 0 Å². The van der Waals surface area contributed by atoms with Crippen LogP contribution in [0.5, 0.6) is 0 Å². The number of halogens is 1. The molecule has 1 aliphatic heterocycles. The van der Waals surface area contributed by atoms with E-state index in [1.54, 1.807) is 7.11 Å². The summed E-state index contributed by atoms with van der Waals surface area (Å²) in [6.07, 6.45) is 6.10. The molecule has 2 rings (SSSR count). The topological polar surface area (TPSA) is 38.2 Å². The Morgan fingerprint density at radius 3 is 2.53 bits per heavy atom. The predicted molar refractivity (Wildman–Crippen MR) is 71.5 cm³/mol. The number of aromatic nitrogens is 2. The molecule has 0 atom stereocenters. The average molecular weight is 300 g/mol. The predicted octanol–water partition coefficient (Wildman–Crippen LogP) is 2.23. The summed E-state index contributed by atoms with van der Waals surface area (Å²) in [6, 6.07) is 0. The highest BCUT2D eigenvalue weighted by atomic mass is 79.9. The number of methoxy groups -OCH3 is 1. The molecule has 0 radical (unpaired) electrons. The molecule has 17 heavy (non-hydrogen) atoms. The molecule has 0 amide bonds. The number of piperidine rings is 1. The van der Waals surface area contributed by atoms with E-state index in [4.69, 9.17) is 4.74 Å². The molecule has 0 N–H and O–H groups in total. The fraction of sp³-hybridized carbons (Fsp3) is 0.667. The summed E-state index contributed by atoms with van der Waals surface area (Å²) in [5.74, 6) is 1.55. The molecule has 1 aliphatic rings. The molecule has 1 aromatic rings. The van der Waals surface area contributed by atoms with Crippen LogP contribution in [0.15, 0.2) is 12.4 Å². The van der Waals surface area contributed by atoms with Gasteiger partial charge >= 0.3 is 0 Å². The summed E-state index contributed by atoms with van der Waals surface area (Å²) >= 11 is 3.40. The fourth-order valence-electron chi connectivity index (χ4n) is 2.12. The van der Waals surface area contributed by atoms with Gasteiger partial charge in [0.15, 0.2) is 0 Å². The van der Waals surface area contributed by atoms with Crippen LogP contribution in [-0.4, -0.2) is 36.8 Å². The Morgan fingerprint density at radius 1 is 1.35 bits per heavy atom. The third kappa shape index (κ3) is 3.39. The van der Waals surface area contributed by atoms with Gasteiger partial charge in [0.2, 0.25) is 5.95 Å². The lowest BCUT2D eigenvalue weighted by Crippen LogP contribution is -2.36. The average Bonchev–Trinajstić information content (AvgIpc) is 2.40. The van der Waals surface area contributed by atoms with Crippen LogP contribution in [0.1, 0.15) is 18.4 Å². The Hall–Kier alpha value is -0.680. The normalized spacial score (nSPS) is 17.4. The highest BCUT2D eigenvalue weighted by molar-refractivity contribution is 9.08. The smallest absolute Gasteiger partial charge is 0.225 e. The maximum Gasteiger partial charge on any atom is 0.225 e. The van der Waals surface area contributed by atoms with E-state index in [-0.39, 0.29) is 0 Å². The highest BCUT2D eigenvalue weighted by Crippen LogP contribution is 2.20. The van der Waals surface area contributed by atoms with E-state index in [0.29, 0.717) is 5.92 Å². The SMILES string of the molecule is COCC1CCN(c2ncc(CBr)cn2)CC1. The van der Waals surface area contributed by atoms with E-state index in [0.717, 1.165) is 49.4 Å². The van der Waals surface area contributed by atoms with E-state index in [1.807, 2.05) is 12.4 Å². The van der Waals surface area contributed by atoms with Crippen LogP contribution in [0.3, 0.4) is 0 Å². The van der Waals surface area contributed by atoms with Gasteiger partial charge < -0.3 is 9.64 Å². The molecule has 0 bridgehead atoms. The standard InChI is InChI=1S/C12H18BrN3O/c1-17-9-10-2-4-16(5-3-10)12-14-7-11(6-13)8-15-12/h7-8,10H,2-6,9H2,1H3. The number of anilines is 1. The number of ether oxygens (including phenoxy) is 1. The highest BCUT2D eigenvalue weighted by Gasteiger charge is 2.20. The lowest BCUT2D eigenvalue weighted by atomic mass is 9.98. The first-order valence-corrected chi connectivity index (χ1v) is 7.06. The second kappa shape index (κ2) is 6.31. The Morgan fingerprint density at radius 2 is 2.00 bits per heavy atom. The summed E-state index contributed by atoms with van der Waals surface area (Å²) in [6.45, 7) is 2.93. The van der Waals surface area contributed by atoms with Crippen molar-refractivity contribution in [2.24, 2.45) is 5.92 Å². The minimum Gasteiger partial charge on any atom is -0.384 e. The van der Waals surface area contributed by atoms with Crippen LogP contribution in [0, 0.1) is 5.92 Å². The molecule has 2 heterocycles. The maximum absolute atomic E-state index is 5.20. The molecule has 4 nitrogen and oxygen atoms in total. The maximum atomic E-state index is 5.20. The molecule has 0 aliphatic carbocycles. The zero-order chi connectivity index (χ0) is 12.1. The van der Waals surface area contributed by atoms with E-state index in [9.17, 15) is 0 Å². The lowest BCUT2D eigenvalue weighted by Gasteiger charge is -2.31. The number of hydrogen-bond donors (Lipinski definition) is 0. The summed E-state index contributed by atoms with van der Waals surface area (Å²) in [4.78, 5) is 11.0. The van der Waals surface area contributed by atoms with Crippen molar-refractivity contribution in [3.8, 4) is 0 Å². The van der Waals surface area contributed by atoms with Crippen LogP contribution in [0.4, 0.5) is 5.95 Å². The molecule has 1 saturated heterocycles. The van der Waals surface area contributed by atoms with E-state index < -0.39 is 0 Å². The summed E-state index contributed by atoms with van der Waals surface area (Å²) in [5, 5.41) is 0.809. The number of rotatable bonds is 4. The summed E-state index contributed by atoms with van der Waals surface area (Å²) in [5.41, 5.74) is 1.11. The van der Waals surface area contributed by atoms with Crippen LogP contribution >= 0.6 is 15.9 Å². The van der Waals surface area contributed by atoms with Gasteiger partial charge in [0.1, 0.15) is 0 Å². The van der Waals surface area contributed by atoms with Crippen molar-refractivity contribution in [1.82, 2.24) is 9.97 Å². The van der Waals surface area contributed by atoms with Crippen molar-refractivity contribution in [2.45, 2.75) is 18.2 Å². The van der Waals surface area contributed by atoms with Crippen molar-refractivity contribution in [2.75, 3.05) is 31.7 Å². The molecule has 1 fully saturated rings. The van der Waals surface area contributed by atoms with Crippen molar-refractivity contribution < 1.29 is 4.74 Å². The third-order valence-corrected chi connectivity index (χ3v) is 3.79. The van der Waals surface area contributed by atoms with E-state index >= 15 is 0 Å². The van der Waals surface area contributed by atoms with Crippen molar-refractivity contribution >= 4 is 21.9 Å². The lowest BCUT2D eigenvalue weighted by molar-refractivity contribution is 0.139. The molecule has 0 unspecified atom stereocenters. The largest absolute Gasteiger partial charge is 0.384 e. The molecule has 0 aromatic carbocycles. The molecular weight excluding hydrogens is 282 g/mol. The minimum atomic E-state index is 0.693. The summed E-state index contributed by atoms with van der Waals surface area (Å²) in [7, 11) is 1.77. The van der Waals surface area contributed by atoms with Gasteiger partial charge in [-0.25, -0.2) is 9.97 Å². The van der Waals surface area contributed by atoms with Gasteiger partial charge in [-0.1, -0.05) is 15.9 Å². The molecule has 1 aromatic heterocycles. The van der Waals surface area contributed by atoms with Crippen LogP contribution in [-0.2, 0) is 10.1 Å². The van der Waals surface area contributed by atoms with E-state index in [1.165, 1.54) is 0 Å². The van der Waals surface area contributed by atoms with E-state index in [2.05, 4.69) is 30.8 Å². The van der Waals surface area contributed by atoms with Gasteiger partial charge in [-0.05, 0) is 24.3 Å². The number of hydrogen-bond acceptors (Lipinski definition) is 4. The second-order valence-corrected chi connectivity index (χ2v) is 4.97. The van der Waals surface area contributed by atoms with Gasteiger partial charge in [0.25, 0.3) is 0 Å². The van der Waals surface area contributed by atoms with Crippen LogP contribution in [0.2, 0.25) is 0 Å². The Balaban J connectivity index is 1.91. The Labute approximate surface area is 111 Å². The third-order valence-electron chi connectivity index (χ3n) is 3.15.